The summed E-state index contributed by atoms with van der Waals surface area (Å²) >= 11 is 1.03. The summed E-state index contributed by atoms with van der Waals surface area (Å²) in [5, 5.41) is 11.4. The lowest BCUT2D eigenvalue weighted by molar-refractivity contribution is -0.147. The van der Waals surface area contributed by atoms with E-state index in [-0.39, 0.29) is 5.24 Å². The number of amides is 1. The largest absolute Gasteiger partial charge is 0.479 e. The Bertz CT molecular complexity index is 259. The first kappa shape index (κ1) is 10.4. The minimum Gasteiger partial charge on any atom is -0.479 e. The zero-order valence-electron chi connectivity index (χ0n) is 7.88. The van der Waals surface area contributed by atoms with Crippen molar-refractivity contribution in [3.05, 3.63) is 0 Å². The SMILES string of the molecule is CC(C)(C)[C@]1(C(=O)O)CSC(=O)N1. The molecule has 0 aromatic carbocycles. The van der Waals surface area contributed by atoms with Crippen LogP contribution in [0.2, 0.25) is 0 Å². The van der Waals surface area contributed by atoms with E-state index in [1.165, 1.54) is 0 Å². The van der Waals surface area contributed by atoms with Crippen LogP contribution in [-0.4, -0.2) is 27.6 Å². The third-order valence-electron chi connectivity index (χ3n) is 2.38. The van der Waals surface area contributed by atoms with E-state index in [2.05, 4.69) is 5.32 Å². The van der Waals surface area contributed by atoms with E-state index in [1.807, 2.05) is 20.8 Å². The molecule has 0 radical (unpaired) electrons. The van der Waals surface area contributed by atoms with Gasteiger partial charge in [-0.2, -0.15) is 0 Å². The minimum atomic E-state index is -1.12. The average molecular weight is 203 g/mol. The molecule has 1 aliphatic heterocycles. The average Bonchev–Trinajstić information content (AvgIpc) is 2.30. The lowest BCUT2D eigenvalue weighted by atomic mass is 9.75. The van der Waals surface area contributed by atoms with Crippen LogP contribution in [0.4, 0.5) is 4.79 Å². The van der Waals surface area contributed by atoms with Crippen LogP contribution in [0, 0.1) is 5.41 Å². The third kappa shape index (κ3) is 1.52. The summed E-state index contributed by atoms with van der Waals surface area (Å²) in [5.74, 6) is -0.664. The number of hydrogen-bond donors (Lipinski definition) is 2. The predicted molar refractivity (Wildman–Crippen MR) is 50.8 cm³/mol. The summed E-state index contributed by atoms with van der Waals surface area (Å²) in [6.07, 6.45) is 0. The van der Waals surface area contributed by atoms with Gasteiger partial charge in [-0.15, -0.1) is 0 Å². The van der Waals surface area contributed by atoms with Gasteiger partial charge in [-0.25, -0.2) is 4.79 Å². The molecular formula is C8H13NO3S. The van der Waals surface area contributed by atoms with Crippen LogP contribution in [-0.2, 0) is 4.79 Å². The summed E-state index contributed by atoms with van der Waals surface area (Å²) in [5.41, 5.74) is -1.59. The van der Waals surface area contributed by atoms with Gasteiger partial charge in [-0.05, 0) is 5.41 Å². The van der Waals surface area contributed by atoms with Gasteiger partial charge in [0.05, 0.1) is 0 Å². The molecule has 0 saturated carbocycles. The number of carboxylic acid groups (broad SMARTS) is 1. The summed E-state index contributed by atoms with van der Waals surface area (Å²) in [4.78, 5) is 22.1. The first-order valence-corrected chi connectivity index (χ1v) is 4.96. The van der Waals surface area contributed by atoms with E-state index in [9.17, 15) is 9.59 Å². The van der Waals surface area contributed by atoms with Gasteiger partial charge in [0.25, 0.3) is 5.24 Å². The molecule has 1 rings (SSSR count). The Morgan fingerprint density at radius 1 is 1.62 bits per heavy atom. The first-order valence-electron chi connectivity index (χ1n) is 3.98. The second-order valence-corrected chi connectivity index (χ2v) is 5.11. The molecule has 0 aromatic rings. The van der Waals surface area contributed by atoms with Gasteiger partial charge in [-0.3, -0.25) is 4.79 Å². The van der Waals surface area contributed by atoms with Crippen LogP contribution in [0.1, 0.15) is 20.8 Å². The molecule has 0 aromatic heterocycles. The molecule has 1 aliphatic rings. The molecule has 4 nitrogen and oxygen atoms in total. The Hall–Kier alpha value is -0.710. The maximum Gasteiger partial charge on any atom is 0.330 e. The summed E-state index contributed by atoms with van der Waals surface area (Å²) in [7, 11) is 0. The van der Waals surface area contributed by atoms with Gasteiger partial charge in [0.2, 0.25) is 0 Å². The monoisotopic (exact) mass is 203 g/mol. The molecule has 2 N–H and O–H groups in total. The fourth-order valence-electron chi connectivity index (χ4n) is 1.26. The zero-order chi connectivity index (χ0) is 10.3. The third-order valence-corrected chi connectivity index (χ3v) is 3.32. The highest BCUT2D eigenvalue weighted by Gasteiger charge is 2.53. The molecule has 0 aliphatic carbocycles. The highest BCUT2D eigenvalue weighted by atomic mass is 32.2. The van der Waals surface area contributed by atoms with Crippen molar-refractivity contribution in [3.8, 4) is 0 Å². The first-order chi connectivity index (χ1) is 5.79. The normalized spacial score (nSPS) is 28.7. The van der Waals surface area contributed by atoms with E-state index >= 15 is 0 Å². The van der Waals surface area contributed by atoms with Crippen molar-refractivity contribution in [2.75, 3.05) is 5.75 Å². The van der Waals surface area contributed by atoms with Gasteiger partial charge < -0.3 is 10.4 Å². The van der Waals surface area contributed by atoms with Crippen LogP contribution in [0.25, 0.3) is 0 Å². The Morgan fingerprint density at radius 3 is 2.31 bits per heavy atom. The van der Waals surface area contributed by atoms with Gasteiger partial charge in [0, 0.05) is 5.75 Å². The molecule has 1 fully saturated rings. The molecular weight excluding hydrogens is 190 g/mol. The van der Waals surface area contributed by atoms with Crippen molar-refractivity contribution in [1.29, 1.82) is 0 Å². The van der Waals surface area contributed by atoms with E-state index in [4.69, 9.17) is 5.11 Å². The van der Waals surface area contributed by atoms with Crippen LogP contribution in [0.3, 0.4) is 0 Å². The number of carbonyl (C=O) groups is 2. The van der Waals surface area contributed by atoms with Crippen LogP contribution < -0.4 is 5.32 Å². The van der Waals surface area contributed by atoms with E-state index in [0.717, 1.165) is 11.8 Å². The lowest BCUT2D eigenvalue weighted by Gasteiger charge is -2.36. The number of rotatable bonds is 1. The van der Waals surface area contributed by atoms with Gasteiger partial charge in [-0.1, -0.05) is 32.5 Å². The molecule has 0 bridgehead atoms. The van der Waals surface area contributed by atoms with Crippen LogP contribution >= 0.6 is 11.8 Å². The number of carboxylic acids is 1. The Labute approximate surface area is 81.1 Å². The second kappa shape index (κ2) is 2.90. The minimum absolute atomic E-state index is 0.252. The van der Waals surface area contributed by atoms with Crippen molar-refractivity contribution < 1.29 is 14.7 Å². The van der Waals surface area contributed by atoms with Crippen LogP contribution in [0.15, 0.2) is 0 Å². The smallest absolute Gasteiger partial charge is 0.330 e. The maximum absolute atomic E-state index is 11.1. The molecule has 1 saturated heterocycles. The second-order valence-electron chi connectivity index (χ2n) is 4.16. The van der Waals surface area contributed by atoms with Crippen molar-refractivity contribution in [2.24, 2.45) is 5.41 Å². The van der Waals surface area contributed by atoms with Crippen molar-refractivity contribution in [3.63, 3.8) is 0 Å². The fraction of sp³-hybridized carbons (Fsp3) is 0.750. The van der Waals surface area contributed by atoms with Gasteiger partial charge in [0.1, 0.15) is 0 Å². The molecule has 5 heteroatoms. The Balaban J connectivity index is 3.04. The predicted octanol–water partition coefficient (Wildman–Crippen LogP) is 1.31. The number of carbonyl (C=O) groups excluding carboxylic acids is 1. The molecule has 74 valence electrons. The summed E-state index contributed by atoms with van der Waals surface area (Å²) in [6, 6.07) is 0. The zero-order valence-corrected chi connectivity index (χ0v) is 8.70. The van der Waals surface area contributed by atoms with Gasteiger partial charge >= 0.3 is 5.97 Å². The van der Waals surface area contributed by atoms with E-state index < -0.39 is 16.9 Å². The van der Waals surface area contributed by atoms with E-state index in [0.29, 0.717) is 5.75 Å². The fourth-order valence-corrected chi connectivity index (χ4v) is 2.48. The highest BCUT2D eigenvalue weighted by molar-refractivity contribution is 8.14. The number of hydrogen-bond acceptors (Lipinski definition) is 3. The molecule has 13 heavy (non-hydrogen) atoms. The van der Waals surface area contributed by atoms with Crippen molar-refractivity contribution in [2.45, 2.75) is 26.3 Å². The summed E-state index contributed by atoms with van der Waals surface area (Å²) in [6.45, 7) is 5.44. The molecule has 0 unspecified atom stereocenters. The van der Waals surface area contributed by atoms with Crippen molar-refractivity contribution in [1.82, 2.24) is 5.32 Å². The molecule has 1 heterocycles. The number of aliphatic carboxylic acids is 1. The maximum atomic E-state index is 11.1. The van der Waals surface area contributed by atoms with Crippen LogP contribution in [0.5, 0.6) is 0 Å². The standard InChI is InChI=1S/C8H13NO3S/c1-7(2,3)8(5(10)11)4-13-6(12)9-8/h4H2,1-3H3,(H,9,12)(H,10,11)/t8-/m1/s1. The lowest BCUT2D eigenvalue weighted by Crippen LogP contribution is -2.59. The summed E-state index contributed by atoms with van der Waals surface area (Å²) < 4.78 is 0. The van der Waals surface area contributed by atoms with E-state index in [1.54, 1.807) is 0 Å². The Morgan fingerprint density at radius 2 is 2.15 bits per heavy atom. The molecule has 0 spiro atoms. The topological polar surface area (TPSA) is 66.4 Å². The highest BCUT2D eigenvalue weighted by Crippen LogP contribution is 2.38. The quantitative estimate of drug-likeness (QED) is 0.674. The molecule has 1 amide bonds. The molecule has 1 atom stereocenters. The number of thioether (sulfide) groups is 1. The van der Waals surface area contributed by atoms with Gasteiger partial charge in [0.15, 0.2) is 5.54 Å². The number of nitrogens with one attached hydrogen (secondary N) is 1. The van der Waals surface area contributed by atoms with Crippen molar-refractivity contribution >= 4 is 23.0 Å². The Kier molecular flexibility index (Phi) is 2.32.